The number of ether oxygens (including phenoxy) is 2. The van der Waals surface area contributed by atoms with E-state index in [4.69, 9.17) is 9.47 Å². The molecule has 2 rings (SSSR count). The van der Waals surface area contributed by atoms with Gasteiger partial charge in [0.05, 0.1) is 19.3 Å². The standard InChI is InChI=1S/C16H25NO3/c1-2-19-15-9-5-6-13(16(15)18)12-17-10-11-20-14-7-3-4-8-14/h5-6,9,14,17-18H,2-4,7-8,10-12H2,1H3. The summed E-state index contributed by atoms with van der Waals surface area (Å²) in [6.45, 7) is 4.62. The first-order valence-electron chi connectivity index (χ1n) is 7.57. The van der Waals surface area contributed by atoms with E-state index in [1.54, 1.807) is 6.07 Å². The van der Waals surface area contributed by atoms with E-state index in [-0.39, 0.29) is 5.75 Å². The summed E-state index contributed by atoms with van der Waals surface area (Å²) in [4.78, 5) is 0. The quantitative estimate of drug-likeness (QED) is 0.718. The maximum Gasteiger partial charge on any atom is 0.162 e. The molecule has 0 saturated heterocycles. The van der Waals surface area contributed by atoms with Gasteiger partial charge in [-0.2, -0.15) is 0 Å². The van der Waals surface area contributed by atoms with Crippen LogP contribution in [0.15, 0.2) is 18.2 Å². The van der Waals surface area contributed by atoms with Gasteiger partial charge in [0, 0.05) is 18.7 Å². The van der Waals surface area contributed by atoms with Crippen LogP contribution in [0.3, 0.4) is 0 Å². The van der Waals surface area contributed by atoms with E-state index in [1.165, 1.54) is 25.7 Å². The fourth-order valence-corrected chi connectivity index (χ4v) is 2.56. The van der Waals surface area contributed by atoms with E-state index in [9.17, 15) is 5.11 Å². The van der Waals surface area contributed by atoms with Crippen LogP contribution in [0.1, 0.15) is 38.2 Å². The smallest absolute Gasteiger partial charge is 0.162 e. The maximum atomic E-state index is 10.1. The first kappa shape index (κ1) is 15.1. The average Bonchev–Trinajstić information content (AvgIpc) is 2.96. The van der Waals surface area contributed by atoms with E-state index in [1.807, 2.05) is 19.1 Å². The van der Waals surface area contributed by atoms with Crippen molar-refractivity contribution >= 4 is 0 Å². The van der Waals surface area contributed by atoms with E-state index in [0.29, 0.717) is 25.0 Å². The van der Waals surface area contributed by atoms with Gasteiger partial charge in [0.1, 0.15) is 0 Å². The second-order valence-corrected chi connectivity index (χ2v) is 5.15. The summed E-state index contributed by atoms with van der Waals surface area (Å²) in [7, 11) is 0. The number of nitrogens with one attached hydrogen (secondary N) is 1. The van der Waals surface area contributed by atoms with Gasteiger partial charge in [0.2, 0.25) is 0 Å². The van der Waals surface area contributed by atoms with E-state index in [2.05, 4.69) is 5.32 Å². The van der Waals surface area contributed by atoms with Crippen molar-refractivity contribution in [2.24, 2.45) is 0 Å². The van der Waals surface area contributed by atoms with Gasteiger partial charge in [-0.15, -0.1) is 0 Å². The lowest BCUT2D eigenvalue weighted by atomic mass is 10.2. The van der Waals surface area contributed by atoms with Gasteiger partial charge in [0.25, 0.3) is 0 Å². The number of phenolic OH excluding ortho intramolecular Hbond substituents is 1. The highest BCUT2D eigenvalue weighted by atomic mass is 16.5. The Morgan fingerprint density at radius 1 is 1.30 bits per heavy atom. The third kappa shape index (κ3) is 4.39. The zero-order valence-electron chi connectivity index (χ0n) is 12.2. The normalized spacial score (nSPS) is 15.7. The third-order valence-electron chi connectivity index (χ3n) is 3.63. The summed E-state index contributed by atoms with van der Waals surface area (Å²) in [6.07, 6.45) is 5.48. The number of para-hydroxylation sites is 1. The summed E-state index contributed by atoms with van der Waals surface area (Å²) >= 11 is 0. The molecule has 0 radical (unpaired) electrons. The molecule has 4 heteroatoms. The monoisotopic (exact) mass is 279 g/mol. The molecule has 20 heavy (non-hydrogen) atoms. The van der Waals surface area contributed by atoms with Crippen molar-refractivity contribution in [3.63, 3.8) is 0 Å². The summed E-state index contributed by atoms with van der Waals surface area (Å²) in [5.74, 6) is 0.785. The van der Waals surface area contributed by atoms with Crippen molar-refractivity contribution in [1.82, 2.24) is 5.32 Å². The highest BCUT2D eigenvalue weighted by molar-refractivity contribution is 5.45. The summed E-state index contributed by atoms with van der Waals surface area (Å²) in [6, 6.07) is 5.59. The lowest BCUT2D eigenvalue weighted by molar-refractivity contribution is 0.0602. The van der Waals surface area contributed by atoms with Gasteiger partial charge in [-0.05, 0) is 25.8 Å². The lowest BCUT2D eigenvalue weighted by Crippen LogP contribution is -2.22. The molecule has 0 aliphatic heterocycles. The van der Waals surface area contributed by atoms with Gasteiger partial charge < -0.3 is 19.9 Å². The Labute approximate surface area is 121 Å². The molecule has 1 aliphatic rings. The van der Waals surface area contributed by atoms with Crippen LogP contribution in [-0.4, -0.2) is 31.0 Å². The van der Waals surface area contributed by atoms with Crippen LogP contribution >= 0.6 is 0 Å². The van der Waals surface area contributed by atoms with Crippen LogP contribution < -0.4 is 10.1 Å². The number of aromatic hydroxyl groups is 1. The van der Waals surface area contributed by atoms with Crippen molar-refractivity contribution in [1.29, 1.82) is 0 Å². The highest BCUT2D eigenvalue weighted by Gasteiger charge is 2.14. The second-order valence-electron chi connectivity index (χ2n) is 5.15. The Bertz CT molecular complexity index is 403. The molecule has 1 aromatic carbocycles. The second kappa shape index (κ2) is 8.12. The minimum absolute atomic E-state index is 0.235. The SMILES string of the molecule is CCOc1cccc(CNCCOC2CCCC2)c1O. The summed E-state index contributed by atoms with van der Waals surface area (Å²) in [5, 5.41) is 13.3. The molecule has 0 atom stereocenters. The predicted molar refractivity (Wildman–Crippen MR) is 79.2 cm³/mol. The maximum absolute atomic E-state index is 10.1. The fourth-order valence-electron chi connectivity index (χ4n) is 2.56. The van der Waals surface area contributed by atoms with Gasteiger partial charge >= 0.3 is 0 Å². The summed E-state index contributed by atoms with van der Waals surface area (Å²) < 4.78 is 11.2. The molecule has 1 saturated carbocycles. The number of hydrogen-bond acceptors (Lipinski definition) is 4. The Hall–Kier alpha value is -1.26. The highest BCUT2D eigenvalue weighted by Crippen LogP contribution is 2.29. The topological polar surface area (TPSA) is 50.7 Å². The number of benzene rings is 1. The largest absolute Gasteiger partial charge is 0.504 e. The van der Waals surface area contributed by atoms with Crippen LogP contribution in [0.4, 0.5) is 0 Å². The molecule has 0 aromatic heterocycles. The third-order valence-corrected chi connectivity index (χ3v) is 3.63. The molecule has 1 aliphatic carbocycles. The number of rotatable bonds is 8. The molecule has 0 heterocycles. The van der Waals surface area contributed by atoms with Crippen LogP contribution in [0.25, 0.3) is 0 Å². The Kier molecular flexibility index (Phi) is 6.15. The first-order valence-corrected chi connectivity index (χ1v) is 7.57. The van der Waals surface area contributed by atoms with Gasteiger partial charge in [-0.25, -0.2) is 0 Å². The van der Waals surface area contributed by atoms with Crippen LogP contribution in [0.5, 0.6) is 11.5 Å². The Balaban J connectivity index is 1.69. The molecule has 0 spiro atoms. The molecular formula is C16H25NO3. The summed E-state index contributed by atoms with van der Waals surface area (Å²) in [5.41, 5.74) is 0.858. The fraction of sp³-hybridized carbons (Fsp3) is 0.625. The molecular weight excluding hydrogens is 254 g/mol. The number of phenols is 1. The van der Waals surface area contributed by atoms with Crippen LogP contribution in [0, 0.1) is 0 Å². The minimum Gasteiger partial charge on any atom is -0.504 e. The molecule has 112 valence electrons. The van der Waals surface area contributed by atoms with Crippen molar-refractivity contribution in [3.8, 4) is 11.5 Å². The van der Waals surface area contributed by atoms with Gasteiger partial charge in [-0.3, -0.25) is 0 Å². The van der Waals surface area contributed by atoms with Crippen molar-refractivity contribution < 1.29 is 14.6 Å². The van der Waals surface area contributed by atoms with Gasteiger partial charge in [-0.1, -0.05) is 25.0 Å². The minimum atomic E-state index is 0.235. The van der Waals surface area contributed by atoms with E-state index < -0.39 is 0 Å². The first-order chi connectivity index (χ1) is 9.81. The molecule has 4 nitrogen and oxygen atoms in total. The van der Waals surface area contributed by atoms with Crippen molar-refractivity contribution in [2.75, 3.05) is 19.8 Å². The van der Waals surface area contributed by atoms with Crippen molar-refractivity contribution in [3.05, 3.63) is 23.8 Å². The molecule has 1 fully saturated rings. The van der Waals surface area contributed by atoms with E-state index >= 15 is 0 Å². The van der Waals surface area contributed by atoms with Gasteiger partial charge in [0.15, 0.2) is 11.5 Å². The lowest BCUT2D eigenvalue weighted by Gasteiger charge is -2.13. The Morgan fingerprint density at radius 2 is 2.10 bits per heavy atom. The molecule has 1 aromatic rings. The zero-order valence-corrected chi connectivity index (χ0v) is 12.2. The molecule has 0 amide bonds. The van der Waals surface area contributed by atoms with Crippen LogP contribution in [-0.2, 0) is 11.3 Å². The average molecular weight is 279 g/mol. The van der Waals surface area contributed by atoms with E-state index in [0.717, 1.165) is 18.7 Å². The molecule has 2 N–H and O–H groups in total. The van der Waals surface area contributed by atoms with Crippen molar-refractivity contribution in [2.45, 2.75) is 45.3 Å². The van der Waals surface area contributed by atoms with Crippen LogP contribution in [0.2, 0.25) is 0 Å². The number of hydrogen-bond donors (Lipinski definition) is 2. The zero-order chi connectivity index (χ0) is 14.2. The molecule has 0 bridgehead atoms. The predicted octanol–water partition coefficient (Wildman–Crippen LogP) is 2.84. The Morgan fingerprint density at radius 3 is 2.85 bits per heavy atom. The molecule has 0 unspecified atom stereocenters.